The second kappa shape index (κ2) is 7.43. The van der Waals surface area contributed by atoms with E-state index in [-0.39, 0.29) is 35.7 Å². The summed E-state index contributed by atoms with van der Waals surface area (Å²) in [6.45, 7) is 3.90. The minimum Gasteiger partial charge on any atom is -0.464 e. The van der Waals surface area contributed by atoms with Crippen LogP contribution in [0.5, 0.6) is 0 Å². The summed E-state index contributed by atoms with van der Waals surface area (Å²) in [6.07, 6.45) is 0.212. The molecule has 0 aliphatic carbocycles. The largest absolute Gasteiger partial charge is 0.464 e. The van der Waals surface area contributed by atoms with Gasteiger partial charge in [-0.05, 0) is 5.92 Å². The number of para-hydroxylation sites is 1. The molecule has 0 spiro atoms. The number of amides is 1. The first kappa shape index (κ1) is 19.0. The van der Waals surface area contributed by atoms with Gasteiger partial charge >= 0.3 is 5.97 Å². The fraction of sp³-hybridized carbons (Fsp3) is 0.389. The number of carbonyl (C=O) groups is 2. The molecule has 3 rings (SSSR count). The van der Waals surface area contributed by atoms with Gasteiger partial charge in [-0.3, -0.25) is 14.9 Å². The fourth-order valence-corrected chi connectivity index (χ4v) is 4.38. The highest BCUT2D eigenvalue weighted by atomic mass is 32.1. The highest BCUT2D eigenvalue weighted by Gasteiger charge is 2.46. The Morgan fingerprint density at radius 2 is 2.11 bits per heavy atom. The van der Waals surface area contributed by atoms with E-state index in [4.69, 9.17) is 4.74 Å². The van der Waals surface area contributed by atoms with Crippen LogP contribution in [0.15, 0.2) is 29.6 Å². The predicted molar refractivity (Wildman–Crippen MR) is 98.3 cm³/mol. The molecule has 1 aliphatic rings. The molecule has 1 aromatic heterocycles. The van der Waals surface area contributed by atoms with E-state index in [1.807, 2.05) is 13.8 Å². The number of methoxy groups -OCH3 is 1. The van der Waals surface area contributed by atoms with Gasteiger partial charge in [0.1, 0.15) is 5.01 Å². The van der Waals surface area contributed by atoms with Crippen molar-refractivity contribution in [3.05, 3.63) is 56.0 Å². The number of likely N-dealkylation sites (tertiary alicyclic amines) is 1. The Morgan fingerprint density at radius 1 is 1.41 bits per heavy atom. The molecule has 1 aromatic carbocycles. The molecule has 0 saturated carbocycles. The lowest BCUT2D eigenvalue weighted by Crippen LogP contribution is -2.50. The zero-order valence-corrected chi connectivity index (χ0v) is 15.9. The summed E-state index contributed by atoms with van der Waals surface area (Å²) < 4.78 is 4.69. The van der Waals surface area contributed by atoms with Crippen molar-refractivity contribution < 1.29 is 19.2 Å². The molecule has 2 atom stereocenters. The van der Waals surface area contributed by atoms with Gasteiger partial charge in [-0.15, -0.1) is 11.3 Å². The van der Waals surface area contributed by atoms with E-state index < -0.39 is 16.9 Å². The molecular weight excluding hydrogens is 370 g/mol. The number of esters is 1. The molecule has 9 heteroatoms. The quantitative estimate of drug-likeness (QED) is 0.324. The molecule has 8 nitrogen and oxygen atoms in total. The lowest BCUT2D eigenvalue weighted by atomic mass is 9.88. The van der Waals surface area contributed by atoms with E-state index in [2.05, 4.69) is 4.98 Å². The molecule has 27 heavy (non-hydrogen) atoms. The molecule has 2 unspecified atom stereocenters. The number of nitrogens with zero attached hydrogens (tertiary/aromatic N) is 3. The Hall–Kier alpha value is -2.81. The Morgan fingerprint density at radius 3 is 2.70 bits per heavy atom. The third-order valence-electron chi connectivity index (χ3n) is 4.58. The maximum Gasteiger partial charge on any atom is 0.357 e. The number of nitro groups is 1. The maximum absolute atomic E-state index is 12.5. The average molecular weight is 389 g/mol. The van der Waals surface area contributed by atoms with Crippen molar-refractivity contribution in [3.8, 4) is 0 Å². The van der Waals surface area contributed by atoms with Crippen LogP contribution in [0.3, 0.4) is 0 Å². The van der Waals surface area contributed by atoms with Crippen molar-refractivity contribution >= 4 is 28.9 Å². The van der Waals surface area contributed by atoms with Crippen LogP contribution in [0, 0.1) is 16.0 Å². The molecule has 0 bridgehead atoms. The number of ether oxygens (including phenoxy) is 1. The lowest BCUT2D eigenvalue weighted by molar-refractivity contribution is -0.386. The van der Waals surface area contributed by atoms with Gasteiger partial charge in [0.15, 0.2) is 5.69 Å². The number of rotatable bonds is 6. The lowest BCUT2D eigenvalue weighted by Gasteiger charge is -2.46. The minimum absolute atomic E-state index is 0.00288. The van der Waals surface area contributed by atoms with Gasteiger partial charge in [0.05, 0.1) is 36.1 Å². The van der Waals surface area contributed by atoms with Crippen LogP contribution in [-0.2, 0) is 9.53 Å². The molecule has 2 heterocycles. The molecule has 1 aliphatic heterocycles. The van der Waals surface area contributed by atoms with Crippen LogP contribution in [-0.4, -0.2) is 33.8 Å². The van der Waals surface area contributed by atoms with Crippen molar-refractivity contribution in [2.75, 3.05) is 7.11 Å². The monoisotopic (exact) mass is 389 g/mol. The number of benzene rings is 1. The predicted octanol–water partition coefficient (Wildman–Crippen LogP) is 3.51. The van der Waals surface area contributed by atoms with Crippen LogP contribution in [0.2, 0.25) is 0 Å². The second-order valence-electron chi connectivity index (χ2n) is 6.59. The Balaban J connectivity index is 1.98. The van der Waals surface area contributed by atoms with Crippen LogP contribution in [0.1, 0.15) is 53.4 Å². The molecule has 1 saturated heterocycles. The molecule has 1 amide bonds. The van der Waals surface area contributed by atoms with Crippen molar-refractivity contribution in [1.82, 2.24) is 9.88 Å². The minimum atomic E-state index is -0.537. The zero-order chi connectivity index (χ0) is 19.7. The normalized spacial score (nSPS) is 17.6. The van der Waals surface area contributed by atoms with Crippen molar-refractivity contribution in [3.63, 3.8) is 0 Å². The topological polar surface area (TPSA) is 103 Å². The summed E-state index contributed by atoms with van der Waals surface area (Å²) >= 11 is 1.28. The highest BCUT2D eigenvalue weighted by Crippen LogP contribution is 2.46. The van der Waals surface area contributed by atoms with Gasteiger partial charge in [0.2, 0.25) is 5.91 Å². The van der Waals surface area contributed by atoms with E-state index in [1.165, 1.54) is 24.5 Å². The number of thiazole rings is 1. The summed E-state index contributed by atoms with van der Waals surface area (Å²) in [5, 5.41) is 13.6. The van der Waals surface area contributed by atoms with Crippen LogP contribution < -0.4 is 0 Å². The van der Waals surface area contributed by atoms with Crippen molar-refractivity contribution in [2.24, 2.45) is 5.92 Å². The second-order valence-corrected chi connectivity index (χ2v) is 7.48. The molecular formula is C18H19N3O5S. The Bertz CT molecular complexity index is 895. The summed E-state index contributed by atoms with van der Waals surface area (Å²) in [4.78, 5) is 41.1. The highest BCUT2D eigenvalue weighted by molar-refractivity contribution is 7.09. The van der Waals surface area contributed by atoms with Crippen LogP contribution in [0.4, 0.5) is 5.69 Å². The number of aromatic nitrogens is 1. The molecule has 1 fully saturated rings. The first-order valence-electron chi connectivity index (χ1n) is 8.43. The van der Waals surface area contributed by atoms with Crippen molar-refractivity contribution in [2.45, 2.75) is 32.4 Å². The van der Waals surface area contributed by atoms with E-state index in [1.54, 1.807) is 28.5 Å². The van der Waals surface area contributed by atoms with Gasteiger partial charge in [0.25, 0.3) is 5.69 Å². The zero-order valence-electron chi connectivity index (χ0n) is 15.1. The average Bonchev–Trinajstić information content (AvgIpc) is 3.12. The number of hydrogen-bond donors (Lipinski definition) is 0. The van der Waals surface area contributed by atoms with Gasteiger partial charge in [-0.25, -0.2) is 9.78 Å². The SMILES string of the molecule is COC(=O)c1csc(C(C(C)C)N2C(=O)CC2c2ccccc2[N+](=O)[O-])n1. The summed E-state index contributed by atoms with van der Waals surface area (Å²) in [6, 6.07) is 5.69. The van der Waals surface area contributed by atoms with Crippen LogP contribution >= 0.6 is 11.3 Å². The summed E-state index contributed by atoms with van der Waals surface area (Å²) in [5.74, 6) is -0.618. The Labute approximate surface area is 159 Å². The summed E-state index contributed by atoms with van der Waals surface area (Å²) in [7, 11) is 1.28. The molecule has 2 aromatic rings. The van der Waals surface area contributed by atoms with E-state index in [0.717, 1.165) is 0 Å². The summed E-state index contributed by atoms with van der Waals surface area (Å²) in [5.41, 5.74) is 0.702. The standard InChI is InChI=1S/C18H19N3O5S/c1-10(2)16(17-19-12(9-27-17)18(23)26-3)20-14(8-15(20)22)11-6-4-5-7-13(11)21(24)25/h4-7,9-10,14,16H,8H2,1-3H3. The Kier molecular flexibility index (Phi) is 5.22. The molecule has 0 N–H and O–H groups in total. The maximum atomic E-state index is 12.5. The third kappa shape index (κ3) is 3.42. The molecule has 0 radical (unpaired) electrons. The van der Waals surface area contributed by atoms with E-state index >= 15 is 0 Å². The number of nitro benzene ring substituents is 1. The fourth-order valence-electron chi connectivity index (χ4n) is 3.32. The van der Waals surface area contributed by atoms with Gasteiger partial charge < -0.3 is 9.64 Å². The van der Waals surface area contributed by atoms with Gasteiger partial charge in [0, 0.05) is 11.4 Å². The first-order valence-corrected chi connectivity index (χ1v) is 9.31. The van der Waals surface area contributed by atoms with Crippen molar-refractivity contribution in [1.29, 1.82) is 0 Å². The van der Waals surface area contributed by atoms with Gasteiger partial charge in [-0.1, -0.05) is 32.0 Å². The van der Waals surface area contributed by atoms with Crippen LogP contribution in [0.25, 0.3) is 0 Å². The first-order chi connectivity index (χ1) is 12.8. The van der Waals surface area contributed by atoms with Gasteiger partial charge in [-0.2, -0.15) is 0 Å². The number of hydrogen-bond acceptors (Lipinski definition) is 7. The number of β-lactam (4-membered cyclic amide) rings is 1. The smallest absolute Gasteiger partial charge is 0.357 e. The third-order valence-corrected chi connectivity index (χ3v) is 5.50. The van der Waals surface area contributed by atoms with E-state index in [9.17, 15) is 19.7 Å². The number of carbonyl (C=O) groups excluding carboxylic acids is 2. The molecule has 142 valence electrons. The van der Waals surface area contributed by atoms with E-state index in [0.29, 0.717) is 10.6 Å².